The summed E-state index contributed by atoms with van der Waals surface area (Å²) in [6.45, 7) is 2.79. The zero-order chi connectivity index (χ0) is 14.3. The lowest BCUT2D eigenvalue weighted by Crippen LogP contribution is -2.36. The summed E-state index contributed by atoms with van der Waals surface area (Å²) in [5.41, 5.74) is 7.33. The van der Waals surface area contributed by atoms with Crippen molar-refractivity contribution in [2.24, 2.45) is 0 Å². The van der Waals surface area contributed by atoms with Crippen LogP contribution in [-0.4, -0.2) is 49.6 Å². The van der Waals surface area contributed by atoms with Crippen molar-refractivity contribution in [1.82, 2.24) is 15.5 Å². The summed E-state index contributed by atoms with van der Waals surface area (Å²) in [5, 5.41) is 9.47. The number of aryl methyl sites for hydroxylation is 1. The number of carbonyl (C=O) groups excluding carboxylic acids is 1. The minimum Gasteiger partial charge on any atom is -0.395 e. The molecule has 0 saturated heterocycles. The van der Waals surface area contributed by atoms with Gasteiger partial charge in [0.05, 0.1) is 24.1 Å². The van der Waals surface area contributed by atoms with Crippen molar-refractivity contribution in [2.45, 2.75) is 25.9 Å². The second kappa shape index (κ2) is 7.75. The molecular weight excluding hydrogens is 248 g/mol. The molecule has 0 aliphatic carbocycles. The largest absolute Gasteiger partial charge is 0.395 e. The number of H-pyrrole nitrogens is 1. The van der Waals surface area contributed by atoms with Crippen molar-refractivity contribution >= 4 is 11.6 Å². The minimum atomic E-state index is -0.311. The second-order valence-electron chi connectivity index (χ2n) is 4.24. The Bertz CT molecular complexity index is 406. The molecule has 4 N–H and O–H groups in total. The van der Waals surface area contributed by atoms with E-state index in [-0.39, 0.29) is 17.7 Å². The molecule has 1 atom stereocenters. The van der Waals surface area contributed by atoms with Gasteiger partial charge in [-0.05, 0) is 6.42 Å². The van der Waals surface area contributed by atoms with Gasteiger partial charge < -0.3 is 20.5 Å². The number of carbonyl (C=O) groups is 1. The highest BCUT2D eigenvalue weighted by molar-refractivity contribution is 5.97. The number of nitrogen functional groups attached to an aromatic ring is 1. The number of hydrogen-bond donors (Lipinski definition) is 3. The first-order valence-corrected chi connectivity index (χ1v) is 6.26. The van der Waals surface area contributed by atoms with Crippen LogP contribution in [0, 0.1) is 0 Å². The number of anilines is 1. The highest BCUT2D eigenvalue weighted by Crippen LogP contribution is 2.15. The molecule has 1 heterocycles. The third kappa shape index (κ3) is 4.22. The maximum absolute atomic E-state index is 11.9. The lowest BCUT2D eigenvalue weighted by molar-refractivity contribution is 0.0285. The van der Waals surface area contributed by atoms with Crippen molar-refractivity contribution in [3.63, 3.8) is 0 Å². The van der Waals surface area contributed by atoms with E-state index in [9.17, 15) is 4.79 Å². The predicted molar refractivity (Wildman–Crippen MR) is 72.0 cm³/mol. The fourth-order valence-corrected chi connectivity index (χ4v) is 1.69. The zero-order valence-corrected chi connectivity index (χ0v) is 11.7. The summed E-state index contributed by atoms with van der Waals surface area (Å²) in [6, 6.07) is 0. The first-order valence-electron chi connectivity index (χ1n) is 6.26. The van der Waals surface area contributed by atoms with E-state index in [0.29, 0.717) is 18.8 Å². The molecule has 108 valence electrons. The van der Waals surface area contributed by atoms with Gasteiger partial charge in [-0.25, -0.2) is 0 Å². The molecule has 7 heteroatoms. The molecule has 1 rings (SSSR count). The van der Waals surface area contributed by atoms with Gasteiger partial charge in [-0.1, -0.05) is 13.3 Å². The molecule has 0 aliphatic rings. The molecule has 0 fully saturated rings. The van der Waals surface area contributed by atoms with E-state index in [0.717, 1.165) is 18.5 Å². The van der Waals surface area contributed by atoms with E-state index in [2.05, 4.69) is 15.5 Å². The third-order valence-corrected chi connectivity index (χ3v) is 2.77. The van der Waals surface area contributed by atoms with Crippen LogP contribution in [0.2, 0.25) is 0 Å². The number of methoxy groups -OCH3 is 2. The Labute approximate surface area is 112 Å². The van der Waals surface area contributed by atoms with Gasteiger partial charge in [-0.2, -0.15) is 5.10 Å². The summed E-state index contributed by atoms with van der Waals surface area (Å²) in [6.07, 6.45) is 1.52. The number of amides is 1. The van der Waals surface area contributed by atoms with Gasteiger partial charge in [0, 0.05) is 20.8 Å². The van der Waals surface area contributed by atoms with Gasteiger partial charge >= 0.3 is 0 Å². The first kappa shape index (κ1) is 15.5. The molecule has 0 spiro atoms. The van der Waals surface area contributed by atoms with Crippen LogP contribution >= 0.6 is 0 Å². The van der Waals surface area contributed by atoms with E-state index in [4.69, 9.17) is 15.2 Å². The van der Waals surface area contributed by atoms with Crippen LogP contribution in [0.3, 0.4) is 0 Å². The second-order valence-corrected chi connectivity index (χ2v) is 4.24. The summed E-state index contributed by atoms with van der Waals surface area (Å²) in [7, 11) is 3.15. The van der Waals surface area contributed by atoms with E-state index in [1.54, 1.807) is 14.2 Å². The van der Waals surface area contributed by atoms with Gasteiger partial charge in [0.25, 0.3) is 5.91 Å². The van der Waals surface area contributed by atoms with Gasteiger partial charge in [-0.15, -0.1) is 0 Å². The van der Waals surface area contributed by atoms with Crippen LogP contribution < -0.4 is 11.1 Å². The van der Waals surface area contributed by atoms with E-state index >= 15 is 0 Å². The topological polar surface area (TPSA) is 102 Å². The number of nitrogens with one attached hydrogen (secondary N) is 2. The van der Waals surface area contributed by atoms with Crippen molar-refractivity contribution in [2.75, 3.05) is 33.1 Å². The van der Waals surface area contributed by atoms with E-state index < -0.39 is 0 Å². The Hall–Kier alpha value is -1.60. The van der Waals surface area contributed by atoms with E-state index in [1.807, 2.05) is 6.92 Å². The summed E-state index contributed by atoms with van der Waals surface area (Å²) in [4.78, 5) is 11.9. The predicted octanol–water partition coefficient (Wildman–Crippen LogP) is 0.336. The number of hydrogen-bond acceptors (Lipinski definition) is 5. The molecule has 1 aromatic rings. The number of aromatic amines is 1. The van der Waals surface area contributed by atoms with Crippen molar-refractivity contribution < 1.29 is 14.3 Å². The average Bonchev–Trinajstić information content (AvgIpc) is 2.76. The van der Waals surface area contributed by atoms with Crippen LogP contribution in [0.5, 0.6) is 0 Å². The van der Waals surface area contributed by atoms with Gasteiger partial charge in [0.15, 0.2) is 5.69 Å². The third-order valence-electron chi connectivity index (χ3n) is 2.77. The van der Waals surface area contributed by atoms with Crippen LogP contribution in [0.15, 0.2) is 0 Å². The number of nitrogens with two attached hydrogens (primary N) is 1. The molecule has 0 saturated carbocycles. The zero-order valence-electron chi connectivity index (χ0n) is 11.7. The Morgan fingerprint density at radius 3 is 2.84 bits per heavy atom. The van der Waals surface area contributed by atoms with Crippen LogP contribution in [0.25, 0.3) is 0 Å². The van der Waals surface area contributed by atoms with Crippen molar-refractivity contribution in [3.8, 4) is 0 Å². The number of aromatic nitrogens is 2. The van der Waals surface area contributed by atoms with Crippen LogP contribution in [0.1, 0.15) is 29.5 Å². The van der Waals surface area contributed by atoms with Gasteiger partial charge in [-0.3, -0.25) is 9.89 Å². The first-order chi connectivity index (χ1) is 9.13. The summed E-state index contributed by atoms with van der Waals surface area (Å²) in [5.74, 6) is -0.311. The highest BCUT2D eigenvalue weighted by Gasteiger charge is 2.18. The molecule has 1 aromatic heterocycles. The fraction of sp³-hybridized carbons (Fsp3) is 0.667. The normalized spacial score (nSPS) is 12.4. The highest BCUT2D eigenvalue weighted by atomic mass is 16.5. The smallest absolute Gasteiger partial charge is 0.274 e. The molecule has 0 aromatic carbocycles. The average molecular weight is 270 g/mol. The molecular formula is C12H22N4O3. The number of ether oxygens (including phenoxy) is 2. The Morgan fingerprint density at radius 2 is 2.26 bits per heavy atom. The van der Waals surface area contributed by atoms with Gasteiger partial charge in [0.2, 0.25) is 0 Å². The lowest BCUT2D eigenvalue weighted by Gasteiger charge is -2.14. The number of rotatable bonds is 8. The standard InChI is InChI=1S/C12H22N4O3/c1-4-5-9-10(13)11(16-15-9)12(17)14-6-8(19-3)7-18-2/h8H,4-7,13H2,1-3H3,(H,14,17)(H,15,16). The molecule has 1 unspecified atom stereocenters. The Balaban J connectivity index is 2.58. The molecule has 0 aliphatic heterocycles. The summed E-state index contributed by atoms with van der Waals surface area (Å²) < 4.78 is 10.1. The van der Waals surface area contributed by atoms with Crippen LogP contribution in [0.4, 0.5) is 5.69 Å². The minimum absolute atomic E-state index is 0.191. The quantitative estimate of drug-likeness (QED) is 0.632. The molecule has 0 radical (unpaired) electrons. The maximum Gasteiger partial charge on any atom is 0.274 e. The molecule has 19 heavy (non-hydrogen) atoms. The van der Waals surface area contributed by atoms with Gasteiger partial charge in [0.1, 0.15) is 0 Å². The summed E-state index contributed by atoms with van der Waals surface area (Å²) >= 11 is 0. The van der Waals surface area contributed by atoms with Crippen molar-refractivity contribution in [1.29, 1.82) is 0 Å². The van der Waals surface area contributed by atoms with Crippen LogP contribution in [-0.2, 0) is 15.9 Å². The molecule has 0 bridgehead atoms. The Kier molecular flexibility index (Phi) is 6.31. The molecule has 7 nitrogen and oxygen atoms in total. The number of nitrogens with zero attached hydrogens (tertiary/aromatic N) is 1. The van der Waals surface area contributed by atoms with E-state index in [1.165, 1.54) is 0 Å². The lowest BCUT2D eigenvalue weighted by atomic mass is 10.2. The fourth-order valence-electron chi connectivity index (χ4n) is 1.69. The Morgan fingerprint density at radius 1 is 1.53 bits per heavy atom. The van der Waals surface area contributed by atoms with Crippen molar-refractivity contribution in [3.05, 3.63) is 11.4 Å². The maximum atomic E-state index is 11.9. The molecule has 1 amide bonds. The SMILES string of the molecule is CCCc1[nH]nc(C(=O)NCC(COC)OC)c1N. The monoisotopic (exact) mass is 270 g/mol.